The number of aryl methyl sites for hydroxylation is 7. The Balaban J connectivity index is 0.000000173. The number of carbonyl (C=O) groups is 5. The van der Waals surface area contributed by atoms with Crippen LogP contribution in [0.15, 0.2) is 231 Å². The number of amides is 5. The van der Waals surface area contributed by atoms with Gasteiger partial charge in [-0.1, -0.05) is 72.8 Å². The fourth-order valence-corrected chi connectivity index (χ4v) is 13.9. The number of para-hydroxylation sites is 4. The van der Waals surface area contributed by atoms with Crippen LogP contribution in [0, 0.1) is 81.4 Å². The molecule has 5 heterocycles. The van der Waals surface area contributed by atoms with Gasteiger partial charge in [0.15, 0.2) is 40.1 Å². The van der Waals surface area contributed by atoms with E-state index in [1.807, 2.05) is 74.6 Å². The second-order valence-corrected chi connectivity index (χ2v) is 31.5. The molecule has 28 nitrogen and oxygen atoms in total. The molecular weight excluding hydrogens is 1960 g/mol. The summed E-state index contributed by atoms with van der Waals surface area (Å²) in [5.74, 6) is -8.75. The summed E-state index contributed by atoms with van der Waals surface area (Å²) >= 11 is 0. The van der Waals surface area contributed by atoms with Gasteiger partial charge in [-0.05, 0) is 204 Å². The lowest BCUT2D eigenvalue weighted by molar-refractivity contribution is -0.384. The van der Waals surface area contributed by atoms with Crippen molar-refractivity contribution in [1.82, 2.24) is 48.9 Å². The second kappa shape index (κ2) is 44.0. The third-order valence-electron chi connectivity index (χ3n) is 21.2. The Kier molecular flexibility index (Phi) is 32.7. The number of nitrogens with two attached hydrogens (primary N) is 1. The molecule has 15 aromatic rings. The van der Waals surface area contributed by atoms with Crippen LogP contribution in [0.2, 0.25) is 0 Å². The molecule has 0 aliphatic rings. The standard InChI is InChI=1S/C22H19F3N4O.C20H19F3N4O.C19H15F4N3O.2C18H11F5N4O3/c1-13(2)29-19(11-20(28-29)22(23,24)25)17-9-8-15(10-16(17)12-26)21(30)27-18-7-5-4-6-14(18)3;1-3-27-17(11-18(26-27)20(21,22)23)14-9-8-13(10-15(14)24)19(28)25-16-7-5-4-6-12(16)2;1-11-5-3-4-6-15(11)24-18(27)12-7-8-13(14(20)9-12)16-10-17(19(21,22)23)25-26(16)2;1-26-13(8-15(25-26)18(21,22)23)10-6-5-9(7-14(10)27(29)30)17(28)24-12-4-2-3-11(19)16(12)20;1-26-13(8-15(25-26)18(21,22)23)10-6-5-9(7-14(10)27(29)30)17(28)24-16-11(19)3-2-4-12(16)20/h4-11,13H,1-3H3,(H,27,30);4-11H,3,24H2,1-2H3,(H,25,28);3-10H,1-2H3,(H,24,27);2*2-8H,1H3,(H,24,28). The Hall–Kier alpha value is -17.7. The summed E-state index contributed by atoms with van der Waals surface area (Å²) in [4.78, 5) is 83.2. The van der Waals surface area contributed by atoms with Gasteiger partial charge < -0.3 is 32.3 Å². The SMILES string of the molecule is CCn1nc(C(F)(F)F)cc1-c1ccc(C(=O)Nc2ccccc2C)cc1N.Cc1ccccc1NC(=O)c1ccc(-c2cc(C(F)(F)F)nn2C(C)C)c(C#N)c1.Cc1ccccc1NC(=O)c1ccc(-c2cc(C(F)(F)F)nn2C)c(F)c1.Cn1nc(C(F)(F)F)cc1-c1ccc(C(=O)Nc2c(F)cccc2F)cc1[N+](=O)[O-].Cn1nc(C(F)(F)F)cc1-c1ccc(C(=O)Nc2cccc(F)c2F)cc1[N+](=O)[O-]. The van der Waals surface area contributed by atoms with Crippen LogP contribution in [0.5, 0.6) is 0 Å². The molecule has 0 aliphatic heterocycles. The normalized spacial score (nSPS) is 11.4. The van der Waals surface area contributed by atoms with Crippen molar-refractivity contribution >= 4 is 75.0 Å². The molecule has 0 unspecified atom stereocenters. The average Bonchev–Trinajstić information content (AvgIpc) is 1.72. The van der Waals surface area contributed by atoms with Crippen molar-refractivity contribution in [3.05, 3.63) is 358 Å². The number of nitrogens with one attached hydrogen (secondary N) is 5. The maximum absolute atomic E-state index is 14.5. The van der Waals surface area contributed by atoms with Crippen molar-refractivity contribution in [2.24, 2.45) is 21.1 Å². The number of benzene rings is 10. The lowest BCUT2D eigenvalue weighted by Crippen LogP contribution is -2.14. The van der Waals surface area contributed by atoms with Crippen LogP contribution in [0.25, 0.3) is 56.3 Å². The van der Waals surface area contributed by atoms with Gasteiger partial charge in [0.1, 0.15) is 23.1 Å². The first-order chi connectivity index (χ1) is 67.9. The fourth-order valence-electron chi connectivity index (χ4n) is 13.9. The van der Waals surface area contributed by atoms with Gasteiger partial charge in [0.2, 0.25) is 0 Å². The summed E-state index contributed by atoms with van der Waals surface area (Å²) in [6.45, 7) is 10.9. The summed E-state index contributed by atoms with van der Waals surface area (Å²) < 4.78 is 268. The van der Waals surface area contributed by atoms with Gasteiger partial charge in [0.25, 0.3) is 40.9 Å². The van der Waals surface area contributed by atoms with Crippen molar-refractivity contribution in [1.29, 1.82) is 5.26 Å². The number of nitriles is 1. The molecule has 0 aliphatic carbocycles. The van der Waals surface area contributed by atoms with E-state index in [9.17, 15) is 137 Å². The number of hydrogen-bond donors (Lipinski definition) is 6. The molecule has 0 saturated carbocycles. The van der Waals surface area contributed by atoms with Crippen molar-refractivity contribution in [2.75, 3.05) is 32.3 Å². The van der Waals surface area contributed by atoms with Crippen LogP contribution in [0.4, 0.5) is 133 Å². The van der Waals surface area contributed by atoms with Gasteiger partial charge in [0.05, 0.1) is 66.8 Å². The molecule has 752 valence electrons. The number of anilines is 6. The van der Waals surface area contributed by atoms with Gasteiger partial charge in [-0.2, -0.15) is 96.6 Å². The molecule has 5 amide bonds. The minimum Gasteiger partial charge on any atom is -0.398 e. The van der Waals surface area contributed by atoms with E-state index in [1.165, 1.54) is 79.0 Å². The smallest absolute Gasteiger partial charge is 0.398 e. The third-order valence-corrected chi connectivity index (χ3v) is 21.2. The molecule has 15 rings (SSSR count). The summed E-state index contributed by atoms with van der Waals surface area (Å²) in [6, 6.07) is 51.6. The van der Waals surface area contributed by atoms with Gasteiger partial charge in [-0.3, -0.25) is 67.6 Å². The monoisotopic (exact) mass is 2030 g/mol. The number of nitrogen functional groups attached to an aromatic ring is 1. The first kappa shape index (κ1) is 108. The van der Waals surface area contributed by atoms with Crippen LogP contribution >= 0.6 is 0 Å². The quantitative estimate of drug-likeness (QED) is 0.0190. The first-order valence-corrected chi connectivity index (χ1v) is 42.1. The Morgan fingerprint density at radius 1 is 0.372 bits per heavy atom. The molecule has 7 N–H and O–H groups in total. The zero-order chi connectivity index (χ0) is 107. The number of aromatic nitrogens is 10. The number of rotatable bonds is 19. The highest BCUT2D eigenvalue weighted by Crippen LogP contribution is 2.42. The second-order valence-electron chi connectivity index (χ2n) is 31.5. The predicted octanol–water partition coefficient (Wildman–Crippen LogP) is 24.2. The van der Waals surface area contributed by atoms with E-state index >= 15 is 0 Å². The molecule has 0 fully saturated rings. The number of carbonyl (C=O) groups excluding carboxylic acids is 5. The van der Waals surface area contributed by atoms with Crippen molar-refractivity contribution < 1.29 is 122 Å². The van der Waals surface area contributed by atoms with Crippen LogP contribution in [-0.4, -0.2) is 88.3 Å². The van der Waals surface area contributed by atoms with E-state index in [4.69, 9.17) is 5.73 Å². The molecule has 0 spiro atoms. The lowest BCUT2D eigenvalue weighted by Gasteiger charge is -2.13. The van der Waals surface area contributed by atoms with Crippen LogP contribution < -0.4 is 32.3 Å². The maximum atomic E-state index is 14.5. The van der Waals surface area contributed by atoms with Crippen molar-refractivity contribution in [3.63, 3.8) is 0 Å². The molecule has 5 aromatic heterocycles. The first-order valence-electron chi connectivity index (χ1n) is 42.1. The van der Waals surface area contributed by atoms with E-state index in [1.54, 1.807) is 51.1 Å². The Labute approximate surface area is 806 Å². The highest BCUT2D eigenvalue weighted by Gasteiger charge is 2.41. The highest BCUT2D eigenvalue weighted by molar-refractivity contribution is 6.09. The maximum Gasteiger partial charge on any atom is 0.435 e. The Morgan fingerprint density at radius 3 is 1.06 bits per heavy atom. The molecule has 0 saturated heterocycles. The average molecular weight is 2030 g/mol. The largest absolute Gasteiger partial charge is 0.435 e. The lowest BCUT2D eigenvalue weighted by atomic mass is 10.0. The fraction of sp³-hybridized carbons (Fsp3) is 0.165. The van der Waals surface area contributed by atoms with Crippen molar-refractivity contribution in [2.45, 2.75) is 85.0 Å². The summed E-state index contributed by atoms with van der Waals surface area (Å²) in [7, 11) is 3.65. The summed E-state index contributed by atoms with van der Waals surface area (Å²) in [5, 5.41) is 62.0. The number of halogens is 20. The van der Waals surface area contributed by atoms with Gasteiger partial charge >= 0.3 is 30.9 Å². The number of nitrogens with zero attached hydrogens (tertiary/aromatic N) is 13. The topological polar surface area (TPSA) is 371 Å². The Morgan fingerprint density at radius 2 is 0.690 bits per heavy atom. The van der Waals surface area contributed by atoms with E-state index < -0.39 is 145 Å². The van der Waals surface area contributed by atoms with Crippen LogP contribution in [0.3, 0.4) is 0 Å². The molecule has 0 bridgehead atoms. The number of nitro benzene ring substituents is 2. The molecule has 10 aromatic carbocycles. The number of nitro groups is 2. The molecule has 0 atom stereocenters. The molecule has 145 heavy (non-hydrogen) atoms. The summed E-state index contributed by atoms with van der Waals surface area (Å²) in [6.07, 6.45) is -23.3. The summed E-state index contributed by atoms with van der Waals surface area (Å²) in [5.41, 5.74) is 2.80. The number of alkyl halides is 15. The van der Waals surface area contributed by atoms with E-state index in [2.05, 4.69) is 46.8 Å². The Bertz CT molecular complexity index is 7490. The zero-order valence-electron chi connectivity index (χ0n) is 76.3. The van der Waals surface area contributed by atoms with Crippen molar-refractivity contribution in [3.8, 4) is 62.4 Å². The minimum atomic E-state index is -4.76. The van der Waals surface area contributed by atoms with E-state index in [0.29, 0.717) is 40.3 Å². The van der Waals surface area contributed by atoms with Gasteiger partial charge in [-0.15, -0.1) is 0 Å². The predicted molar refractivity (Wildman–Crippen MR) is 491 cm³/mol. The molecule has 0 radical (unpaired) electrons. The molecule has 48 heteroatoms. The van der Waals surface area contributed by atoms with Crippen LogP contribution in [-0.2, 0) is 58.6 Å². The third kappa shape index (κ3) is 25.9. The van der Waals surface area contributed by atoms with Gasteiger partial charge in [0, 0.05) is 113 Å². The van der Waals surface area contributed by atoms with Crippen LogP contribution in [0.1, 0.15) is 129 Å². The minimum absolute atomic E-state index is 0.0364. The zero-order valence-corrected chi connectivity index (χ0v) is 76.3. The van der Waals surface area contributed by atoms with E-state index in [-0.39, 0.29) is 103 Å². The van der Waals surface area contributed by atoms with Gasteiger partial charge in [-0.25, -0.2) is 22.0 Å². The number of hydrogen-bond acceptors (Lipinski definition) is 16. The highest BCUT2D eigenvalue weighted by atomic mass is 19.4. The van der Waals surface area contributed by atoms with E-state index in [0.717, 1.165) is 128 Å². The molecular formula is C97H75F20N19O9.